The van der Waals surface area contributed by atoms with Gasteiger partial charge in [-0.3, -0.25) is 0 Å². The molecule has 55 heavy (non-hydrogen) atoms. The van der Waals surface area contributed by atoms with Gasteiger partial charge in [0.05, 0.1) is 0 Å². The molecule has 3 rings (SSSR count). The molecule has 4 heteroatoms. The second-order valence-electron chi connectivity index (χ2n) is 16.2. The molecule has 0 saturated carbocycles. The summed E-state index contributed by atoms with van der Waals surface area (Å²) in [6, 6.07) is 25.7. The fourth-order valence-electron chi connectivity index (χ4n) is 7.38. The van der Waals surface area contributed by atoms with Crippen molar-refractivity contribution < 1.29 is 13.6 Å². The molecule has 0 aliphatic heterocycles. The molecule has 0 atom stereocenters. The van der Waals surface area contributed by atoms with Crippen molar-refractivity contribution in [2.45, 2.75) is 213 Å². The van der Waals surface area contributed by atoms with Crippen LogP contribution < -0.4 is 13.6 Å². The molecular formula is C51H81O3P. The fraction of sp³-hybridized carbons (Fsp3) is 0.647. The minimum absolute atomic E-state index is 0.783. The van der Waals surface area contributed by atoms with Crippen LogP contribution in [0.1, 0.15) is 211 Å². The van der Waals surface area contributed by atoms with Gasteiger partial charge in [-0.15, -0.1) is 0 Å². The molecule has 308 valence electrons. The van der Waals surface area contributed by atoms with Crippen LogP contribution >= 0.6 is 8.60 Å². The molecule has 0 radical (unpaired) electrons. The highest BCUT2D eigenvalue weighted by Gasteiger charge is 2.20. The Kier molecular flexibility index (Phi) is 27.7. The maximum Gasteiger partial charge on any atom is 0.530 e. The molecule has 3 aromatic rings. The summed E-state index contributed by atoms with van der Waals surface area (Å²) in [5, 5.41) is 0. The van der Waals surface area contributed by atoms with E-state index in [1.807, 2.05) is 0 Å². The molecule has 0 N–H and O–H groups in total. The summed E-state index contributed by atoms with van der Waals surface area (Å²) in [7, 11) is -1.69. The van der Waals surface area contributed by atoms with Gasteiger partial charge in [-0.1, -0.05) is 211 Å². The normalized spacial score (nSPS) is 11.3. The number of hydrogen-bond acceptors (Lipinski definition) is 3. The van der Waals surface area contributed by atoms with Gasteiger partial charge in [-0.05, 0) is 91.6 Å². The van der Waals surface area contributed by atoms with Crippen LogP contribution in [0.5, 0.6) is 17.2 Å². The van der Waals surface area contributed by atoms with Crippen molar-refractivity contribution in [3.05, 3.63) is 89.5 Å². The summed E-state index contributed by atoms with van der Waals surface area (Å²) in [5.41, 5.74) is 4.10. The fourth-order valence-corrected chi connectivity index (χ4v) is 8.38. The highest BCUT2D eigenvalue weighted by molar-refractivity contribution is 7.43. The first-order valence-corrected chi connectivity index (χ1v) is 24.4. The number of rotatable bonds is 36. The zero-order valence-corrected chi connectivity index (χ0v) is 36.7. The van der Waals surface area contributed by atoms with E-state index in [0.717, 1.165) is 36.5 Å². The number of hydrogen-bond donors (Lipinski definition) is 0. The average Bonchev–Trinajstić information content (AvgIpc) is 3.21. The van der Waals surface area contributed by atoms with Crippen LogP contribution in [-0.4, -0.2) is 0 Å². The highest BCUT2D eigenvalue weighted by Crippen LogP contribution is 2.42. The molecule has 3 aromatic carbocycles. The standard InChI is InChI=1S/C51H81O3P/c1-4-7-10-13-16-19-22-25-28-31-46-34-40-49(41-35-46)52-55(53-50-42-36-47(37-43-50)32-29-26-23-20-17-14-11-8-5-2)54-51-44-38-48(39-45-51)33-30-27-24-21-18-15-12-9-6-3/h34-45H,4-33H2,1-3H3. The minimum Gasteiger partial charge on any atom is -0.409 e. The lowest BCUT2D eigenvalue weighted by Crippen LogP contribution is -2.03. The summed E-state index contributed by atoms with van der Waals surface area (Å²) in [6.45, 7) is 6.86. The Balaban J connectivity index is 1.48. The largest absolute Gasteiger partial charge is 0.530 e. The van der Waals surface area contributed by atoms with Gasteiger partial charge < -0.3 is 13.6 Å². The lowest BCUT2D eigenvalue weighted by atomic mass is 10.0. The third-order valence-electron chi connectivity index (χ3n) is 11.0. The molecule has 0 aliphatic rings. The Morgan fingerprint density at radius 1 is 0.273 bits per heavy atom. The van der Waals surface area contributed by atoms with Crippen molar-refractivity contribution in [1.82, 2.24) is 0 Å². The molecule has 0 aliphatic carbocycles. The molecule has 0 amide bonds. The first-order chi connectivity index (χ1) is 27.2. The molecule has 0 fully saturated rings. The van der Waals surface area contributed by atoms with Crippen molar-refractivity contribution >= 4 is 8.60 Å². The van der Waals surface area contributed by atoms with Crippen LogP contribution in [0.25, 0.3) is 0 Å². The van der Waals surface area contributed by atoms with Gasteiger partial charge in [0.2, 0.25) is 0 Å². The predicted molar refractivity (Wildman–Crippen MR) is 241 cm³/mol. The quantitative estimate of drug-likeness (QED) is 0.0435. The van der Waals surface area contributed by atoms with Gasteiger partial charge in [0.25, 0.3) is 0 Å². The van der Waals surface area contributed by atoms with Crippen molar-refractivity contribution in [3.63, 3.8) is 0 Å². The molecule has 0 heterocycles. The SMILES string of the molecule is CCCCCCCCCCCc1ccc(OP(Oc2ccc(CCCCCCCCCCC)cc2)Oc2ccc(CCCCCCCCCCC)cc2)cc1. The smallest absolute Gasteiger partial charge is 0.409 e. The first-order valence-electron chi connectivity index (χ1n) is 23.3. The maximum atomic E-state index is 6.42. The van der Waals surface area contributed by atoms with Gasteiger partial charge in [0.1, 0.15) is 17.2 Å². The third-order valence-corrected chi connectivity index (χ3v) is 12.1. The predicted octanol–water partition coefficient (Wildman–Crippen LogP) is 17.7. The average molecular weight is 773 g/mol. The zero-order valence-electron chi connectivity index (χ0n) is 35.8. The molecule has 3 nitrogen and oxygen atoms in total. The van der Waals surface area contributed by atoms with Crippen molar-refractivity contribution in [3.8, 4) is 17.2 Å². The van der Waals surface area contributed by atoms with Crippen LogP contribution in [0.3, 0.4) is 0 Å². The summed E-state index contributed by atoms with van der Waals surface area (Å²) >= 11 is 0. The Morgan fingerprint density at radius 2 is 0.473 bits per heavy atom. The van der Waals surface area contributed by atoms with Crippen LogP contribution in [-0.2, 0) is 19.3 Å². The molecular weight excluding hydrogens is 692 g/mol. The Hall–Kier alpha value is -2.51. The summed E-state index contributed by atoms with van der Waals surface area (Å²) in [5.74, 6) is 2.35. The van der Waals surface area contributed by atoms with Crippen LogP contribution in [0, 0.1) is 0 Å². The molecule has 0 spiro atoms. The maximum absolute atomic E-state index is 6.42. The van der Waals surface area contributed by atoms with Gasteiger partial charge in [-0.25, -0.2) is 0 Å². The van der Waals surface area contributed by atoms with Gasteiger partial charge in [-0.2, -0.15) is 0 Å². The van der Waals surface area contributed by atoms with E-state index in [2.05, 4.69) is 93.6 Å². The van der Waals surface area contributed by atoms with E-state index in [1.54, 1.807) is 0 Å². The van der Waals surface area contributed by atoms with Gasteiger partial charge in [0, 0.05) is 0 Å². The van der Waals surface area contributed by atoms with E-state index in [1.165, 1.54) is 190 Å². The zero-order chi connectivity index (χ0) is 38.9. The van der Waals surface area contributed by atoms with Crippen LogP contribution in [0.15, 0.2) is 72.8 Å². The van der Waals surface area contributed by atoms with E-state index < -0.39 is 8.60 Å². The number of benzene rings is 3. The van der Waals surface area contributed by atoms with E-state index in [0.29, 0.717) is 0 Å². The summed E-state index contributed by atoms with van der Waals surface area (Å²) in [6.07, 6.45) is 40.0. The molecule has 0 aromatic heterocycles. The van der Waals surface area contributed by atoms with Crippen molar-refractivity contribution in [2.75, 3.05) is 0 Å². The lowest BCUT2D eigenvalue weighted by Gasteiger charge is -2.18. The van der Waals surface area contributed by atoms with Crippen molar-refractivity contribution in [1.29, 1.82) is 0 Å². The van der Waals surface area contributed by atoms with Crippen LogP contribution in [0.4, 0.5) is 0 Å². The second-order valence-corrected chi connectivity index (χ2v) is 17.2. The van der Waals surface area contributed by atoms with Gasteiger partial charge >= 0.3 is 8.60 Å². The first kappa shape index (κ1) is 46.9. The lowest BCUT2D eigenvalue weighted by molar-refractivity contribution is 0.388. The summed E-state index contributed by atoms with van der Waals surface area (Å²) in [4.78, 5) is 0. The van der Waals surface area contributed by atoms with Gasteiger partial charge in [0.15, 0.2) is 0 Å². The van der Waals surface area contributed by atoms with E-state index in [4.69, 9.17) is 13.6 Å². The molecule has 0 saturated heterocycles. The third kappa shape index (κ3) is 24.0. The summed E-state index contributed by atoms with van der Waals surface area (Å²) < 4.78 is 19.3. The Labute approximate surface area is 341 Å². The van der Waals surface area contributed by atoms with E-state index >= 15 is 0 Å². The van der Waals surface area contributed by atoms with Crippen molar-refractivity contribution in [2.24, 2.45) is 0 Å². The van der Waals surface area contributed by atoms with E-state index in [-0.39, 0.29) is 0 Å². The topological polar surface area (TPSA) is 27.7 Å². The van der Waals surface area contributed by atoms with Crippen LogP contribution in [0.2, 0.25) is 0 Å². The van der Waals surface area contributed by atoms with E-state index in [9.17, 15) is 0 Å². The Bertz CT molecular complexity index is 1110. The minimum atomic E-state index is -1.69. The molecule has 0 bridgehead atoms. The number of aryl methyl sites for hydroxylation is 3. The Morgan fingerprint density at radius 3 is 0.691 bits per heavy atom. The second kappa shape index (κ2) is 32.6. The highest BCUT2D eigenvalue weighted by atomic mass is 31.2. The monoisotopic (exact) mass is 773 g/mol. The molecule has 0 unspecified atom stereocenters. The number of unbranched alkanes of at least 4 members (excludes halogenated alkanes) is 24.